The summed E-state index contributed by atoms with van der Waals surface area (Å²) in [6.07, 6.45) is 3.02. The Morgan fingerprint density at radius 2 is 2.29 bits per heavy atom. The van der Waals surface area contributed by atoms with E-state index in [4.69, 9.17) is 0 Å². The molecule has 0 N–H and O–H groups in total. The van der Waals surface area contributed by atoms with Gasteiger partial charge in [0.1, 0.15) is 0 Å². The van der Waals surface area contributed by atoms with E-state index in [1.165, 1.54) is 0 Å². The number of rotatable bonds is 2. The van der Waals surface area contributed by atoms with Crippen LogP contribution in [0.15, 0.2) is 11.5 Å². The average molecular weight is 134 g/mol. The van der Waals surface area contributed by atoms with E-state index >= 15 is 0 Å². The molecule has 0 heterocycles. The molecule has 0 aromatic rings. The molecule has 2 heteroatoms. The normalized spacial score (nSPS) is 15.3. The lowest BCUT2D eigenvalue weighted by Gasteiger charge is -1.94. The Hall–Kier alpha value is 0.440. The van der Waals surface area contributed by atoms with Crippen molar-refractivity contribution in [1.29, 1.82) is 0 Å². The first-order valence-corrected chi connectivity index (χ1v) is 3.33. The van der Waals surface area contributed by atoms with Crippen molar-refractivity contribution >= 4 is 25.3 Å². The second-order valence-electron chi connectivity index (χ2n) is 1.32. The zero-order valence-electron chi connectivity index (χ0n) is 4.33. The van der Waals surface area contributed by atoms with Gasteiger partial charge >= 0.3 is 0 Å². The van der Waals surface area contributed by atoms with Gasteiger partial charge in [0.25, 0.3) is 0 Å². The molecule has 0 spiro atoms. The number of thiol groups is 2. The molecule has 0 saturated heterocycles. The SMILES string of the molecule is CCC(S)C=CS. The molecule has 1 atom stereocenters. The smallest absolute Gasteiger partial charge is 0.0202 e. The maximum Gasteiger partial charge on any atom is 0.0202 e. The highest BCUT2D eigenvalue weighted by atomic mass is 32.1. The van der Waals surface area contributed by atoms with Crippen LogP contribution < -0.4 is 0 Å². The summed E-state index contributed by atoms with van der Waals surface area (Å²) in [5.74, 6) is 0. The predicted molar refractivity (Wildman–Crippen MR) is 41.2 cm³/mol. The zero-order chi connectivity index (χ0) is 5.70. The van der Waals surface area contributed by atoms with Crippen molar-refractivity contribution in [3.63, 3.8) is 0 Å². The molecular formula is C5H10S2. The molecule has 0 aliphatic rings. The molecule has 0 saturated carbocycles. The van der Waals surface area contributed by atoms with Crippen molar-refractivity contribution in [2.24, 2.45) is 0 Å². The third kappa shape index (κ3) is 4.29. The molecule has 7 heavy (non-hydrogen) atoms. The highest BCUT2D eigenvalue weighted by Crippen LogP contribution is 2.01. The van der Waals surface area contributed by atoms with Crippen LogP contribution in [-0.2, 0) is 0 Å². The van der Waals surface area contributed by atoms with Gasteiger partial charge < -0.3 is 0 Å². The average Bonchev–Trinajstić information content (AvgIpc) is 1.68. The van der Waals surface area contributed by atoms with Gasteiger partial charge in [0.15, 0.2) is 0 Å². The van der Waals surface area contributed by atoms with Crippen molar-refractivity contribution in [3.8, 4) is 0 Å². The van der Waals surface area contributed by atoms with Crippen LogP contribution in [-0.4, -0.2) is 5.25 Å². The molecule has 0 aliphatic carbocycles. The molecular weight excluding hydrogens is 124 g/mol. The monoisotopic (exact) mass is 134 g/mol. The molecule has 0 aromatic heterocycles. The van der Waals surface area contributed by atoms with Gasteiger partial charge in [-0.1, -0.05) is 13.0 Å². The van der Waals surface area contributed by atoms with Crippen LogP contribution in [0, 0.1) is 0 Å². The first-order chi connectivity index (χ1) is 3.31. The van der Waals surface area contributed by atoms with E-state index in [1.807, 2.05) is 6.08 Å². The van der Waals surface area contributed by atoms with Crippen molar-refractivity contribution in [2.75, 3.05) is 0 Å². The van der Waals surface area contributed by atoms with Gasteiger partial charge in [-0.25, -0.2) is 0 Å². The van der Waals surface area contributed by atoms with Crippen LogP contribution in [0.2, 0.25) is 0 Å². The fraction of sp³-hybridized carbons (Fsp3) is 0.600. The lowest BCUT2D eigenvalue weighted by atomic mass is 10.3. The van der Waals surface area contributed by atoms with Crippen LogP contribution in [0.5, 0.6) is 0 Å². The summed E-state index contributed by atoms with van der Waals surface area (Å²) < 4.78 is 0. The number of hydrogen-bond donors (Lipinski definition) is 2. The zero-order valence-corrected chi connectivity index (χ0v) is 6.12. The van der Waals surface area contributed by atoms with Gasteiger partial charge in [-0.3, -0.25) is 0 Å². The van der Waals surface area contributed by atoms with Crippen LogP contribution in [0.25, 0.3) is 0 Å². The standard InChI is InChI=1S/C5H10S2/c1-2-5(7)3-4-6/h3-7H,2H2,1H3. The largest absolute Gasteiger partial charge is 0.172 e. The second-order valence-corrected chi connectivity index (χ2v) is 2.28. The van der Waals surface area contributed by atoms with Crippen molar-refractivity contribution in [3.05, 3.63) is 11.5 Å². The van der Waals surface area contributed by atoms with Crippen LogP contribution in [0.3, 0.4) is 0 Å². The molecule has 1 unspecified atom stereocenters. The highest BCUT2D eigenvalue weighted by molar-refractivity contribution is 7.83. The summed E-state index contributed by atoms with van der Waals surface area (Å²) in [4.78, 5) is 0. The molecule has 0 aromatic carbocycles. The molecule has 0 aliphatic heterocycles. The number of hydrogen-bond acceptors (Lipinski definition) is 2. The van der Waals surface area contributed by atoms with Gasteiger partial charge in [0, 0.05) is 5.25 Å². The summed E-state index contributed by atoms with van der Waals surface area (Å²) in [5, 5.41) is 2.11. The summed E-state index contributed by atoms with van der Waals surface area (Å²) in [6.45, 7) is 2.09. The quantitative estimate of drug-likeness (QED) is 0.531. The van der Waals surface area contributed by atoms with E-state index in [0.717, 1.165) is 6.42 Å². The Balaban J connectivity index is 3.16. The van der Waals surface area contributed by atoms with E-state index < -0.39 is 0 Å². The second kappa shape index (κ2) is 4.60. The lowest BCUT2D eigenvalue weighted by molar-refractivity contribution is 0.985. The summed E-state index contributed by atoms with van der Waals surface area (Å²) >= 11 is 8.06. The topological polar surface area (TPSA) is 0 Å². The Kier molecular flexibility index (Phi) is 4.88. The first kappa shape index (κ1) is 7.44. The van der Waals surface area contributed by atoms with Crippen molar-refractivity contribution in [2.45, 2.75) is 18.6 Å². The Labute approximate surface area is 55.8 Å². The van der Waals surface area contributed by atoms with Crippen LogP contribution in [0.4, 0.5) is 0 Å². The minimum atomic E-state index is 0.387. The Bertz CT molecular complexity index is 59.1. The molecule has 0 fully saturated rings. The van der Waals surface area contributed by atoms with E-state index in [-0.39, 0.29) is 0 Å². The van der Waals surface area contributed by atoms with E-state index in [1.54, 1.807) is 5.41 Å². The summed E-state index contributed by atoms with van der Waals surface area (Å²) in [6, 6.07) is 0. The maximum atomic E-state index is 4.17. The van der Waals surface area contributed by atoms with E-state index in [0.29, 0.717) is 5.25 Å². The van der Waals surface area contributed by atoms with Gasteiger partial charge in [0.2, 0.25) is 0 Å². The highest BCUT2D eigenvalue weighted by Gasteiger charge is 1.87. The summed E-state index contributed by atoms with van der Waals surface area (Å²) in [7, 11) is 0. The van der Waals surface area contributed by atoms with E-state index in [2.05, 4.69) is 32.2 Å². The Morgan fingerprint density at radius 3 is 2.43 bits per heavy atom. The lowest BCUT2D eigenvalue weighted by Crippen LogP contribution is -1.86. The third-order valence-corrected chi connectivity index (χ3v) is 1.44. The van der Waals surface area contributed by atoms with Crippen molar-refractivity contribution < 1.29 is 0 Å². The van der Waals surface area contributed by atoms with Gasteiger partial charge in [-0.05, 0) is 11.8 Å². The van der Waals surface area contributed by atoms with Gasteiger partial charge in [-0.2, -0.15) is 25.3 Å². The third-order valence-electron chi connectivity index (χ3n) is 0.726. The minimum Gasteiger partial charge on any atom is -0.172 e. The van der Waals surface area contributed by atoms with E-state index in [9.17, 15) is 0 Å². The van der Waals surface area contributed by atoms with Crippen LogP contribution >= 0.6 is 25.3 Å². The predicted octanol–water partition coefficient (Wildman–Crippen LogP) is 2.14. The maximum absolute atomic E-state index is 4.17. The fourth-order valence-corrected chi connectivity index (χ4v) is 0.665. The molecule has 0 rings (SSSR count). The van der Waals surface area contributed by atoms with Crippen LogP contribution in [0.1, 0.15) is 13.3 Å². The molecule has 42 valence electrons. The Morgan fingerprint density at radius 1 is 1.71 bits per heavy atom. The molecule has 0 bridgehead atoms. The van der Waals surface area contributed by atoms with Gasteiger partial charge in [0.05, 0.1) is 0 Å². The molecule has 0 radical (unpaired) electrons. The van der Waals surface area contributed by atoms with Crippen molar-refractivity contribution in [1.82, 2.24) is 0 Å². The van der Waals surface area contributed by atoms with Gasteiger partial charge in [-0.15, -0.1) is 0 Å². The molecule has 0 amide bonds. The fourth-order valence-electron chi connectivity index (χ4n) is 0.235. The first-order valence-electron chi connectivity index (χ1n) is 2.30. The minimum absolute atomic E-state index is 0.387. The summed E-state index contributed by atoms with van der Waals surface area (Å²) in [5.41, 5.74) is 0. The molecule has 0 nitrogen and oxygen atoms in total.